The highest BCUT2D eigenvalue weighted by Gasteiger charge is 2.11. The Bertz CT molecular complexity index is 531. The van der Waals surface area contributed by atoms with Gasteiger partial charge >= 0.3 is 0 Å². The highest BCUT2D eigenvalue weighted by Crippen LogP contribution is 2.30. The number of furan rings is 1. The van der Waals surface area contributed by atoms with Crippen LogP contribution in [0.2, 0.25) is 10.0 Å². The lowest BCUT2D eigenvalue weighted by molar-refractivity contribution is 0.439. The normalized spacial score (nSPS) is 12.6. The highest BCUT2D eigenvalue weighted by atomic mass is 35.5. The molecular weight excluding hydrogens is 281 g/mol. The zero-order valence-corrected chi connectivity index (χ0v) is 12.6. The highest BCUT2D eigenvalue weighted by molar-refractivity contribution is 6.35. The van der Waals surface area contributed by atoms with Crippen LogP contribution in [0.1, 0.15) is 32.1 Å². The molecule has 0 aliphatic carbocycles. The summed E-state index contributed by atoms with van der Waals surface area (Å²) in [5, 5.41) is 4.61. The summed E-state index contributed by atoms with van der Waals surface area (Å²) < 4.78 is 5.86. The number of halogens is 2. The van der Waals surface area contributed by atoms with Crippen LogP contribution in [0, 0.1) is 0 Å². The molecular formula is C15H17Cl2NO. The third-order valence-corrected chi connectivity index (χ3v) is 3.34. The summed E-state index contributed by atoms with van der Waals surface area (Å²) in [6.07, 6.45) is 1.10. The van der Waals surface area contributed by atoms with Crippen molar-refractivity contribution in [2.45, 2.75) is 26.3 Å². The second-order valence-electron chi connectivity index (χ2n) is 4.54. The summed E-state index contributed by atoms with van der Waals surface area (Å²) in [6, 6.07) is 9.53. The molecule has 0 bridgehead atoms. The lowest BCUT2D eigenvalue weighted by Crippen LogP contribution is -2.18. The van der Waals surface area contributed by atoms with Gasteiger partial charge in [0.05, 0.1) is 6.04 Å². The van der Waals surface area contributed by atoms with Gasteiger partial charge in [0.1, 0.15) is 11.5 Å². The van der Waals surface area contributed by atoms with E-state index in [4.69, 9.17) is 27.6 Å². The van der Waals surface area contributed by atoms with Crippen LogP contribution >= 0.6 is 23.2 Å². The van der Waals surface area contributed by atoms with Crippen LogP contribution in [0.3, 0.4) is 0 Å². The van der Waals surface area contributed by atoms with Gasteiger partial charge in [0.15, 0.2) is 0 Å². The van der Waals surface area contributed by atoms with E-state index in [-0.39, 0.29) is 6.04 Å². The molecule has 4 heteroatoms. The molecule has 0 saturated heterocycles. The van der Waals surface area contributed by atoms with Gasteiger partial charge in [0, 0.05) is 15.6 Å². The molecule has 2 aromatic rings. The van der Waals surface area contributed by atoms with Gasteiger partial charge in [0.2, 0.25) is 0 Å². The van der Waals surface area contributed by atoms with Crippen molar-refractivity contribution in [3.8, 4) is 11.3 Å². The van der Waals surface area contributed by atoms with Crippen LogP contribution in [-0.4, -0.2) is 6.54 Å². The molecule has 19 heavy (non-hydrogen) atoms. The molecule has 1 aromatic carbocycles. The molecule has 1 heterocycles. The van der Waals surface area contributed by atoms with Gasteiger partial charge in [-0.2, -0.15) is 0 Å². The molecule has 0 aliphatic rings. The van der Waals surface area contributed by atoms with E-state index in [9.17, 15) is 0 Å². The van der Waals surface area contributed by atoms with Crippen molar-refractivity contribution in [3.63, 3.8) is 0 Å². The van der Waals surface area contributed by atoms with Gasteiger partial charge in [0.25, 0.3) is 0 Å². The molecule has 1 unspecified atom stereocenters. The van der Waals surface area contributed by atoms with Crippen molar-refractivity contribution in [3.05, 3.63) is 46.1 Å². The predicted molar refractivity (Wildman–Crippen MR) is 80.9 cm³/mol. The Kier molecular flexibility index (Phi) is 4.92. The van der Waals surface area contributed by atoms with Gasteiger partial charge in [-0.1, -0.05) is 30.1 Å². The smallest absolute Gasteiger partial charge is 0.134 e. The van der Waals surface area contributed by atoms with E-state index in [2.05, 4.69) is 19.2 Å². The van der Waals surface area contributed by atoms with Gasteiger partial charge in [-0.15, -0.1) is 0 Å². The third-order valence-electron chi connectivity index (χ3n) is 2.90. The summed E-state index contributed by atoms with van der Waals surface area (Å²) >= 11 is 12.0. The van der Waals surface area contributed by atoms with Crippen molar-refractivity contribution in [1.29, 1.82) is 0 Å². The van der Waals surface area contributed by atoms with Crippen molar-refractivity contribution in [1.82, 2.24) is 5.32 Å². The van der Waals surface area contributed by atoms with E-state index in [1.165, 1.54) is 0 Å². The molecule has 0 amide bonds. The Labute approximate surface area is 123 Å². The van der Waals surface area contributed by atoms with Crippen LogP contribution in [0.15, 0.2) is 34.7 Å². The molecule has 0 aliphatic heterocycles. The number of rotatable bonds is 5. The molecule has 1 aromatic heterocycles. The molecule has 0 radical (unpaired) electrons. The number of benzene rings is 1. The van der Waals surface area contributed by atoms with Gasteiger partial charge in [-0.25, -0.2) is 0 Å². The quantitative estimate of drug-likeness (QED) is 0.808. The Morgan fingerprint density at radius 2 is 1.84 bits per heavy atom. The third kappa shape index (κ3) is 3.75. The van der Waals surface area contributed by atoms with Crippen molar-refractivity contribution in [2.75, 3.05) is 6.54 Å². The van der Waals surface area contributed by atoms with Crippen LogP contribution < -0.4 is 5.32 Å². The van der Waals surface area contributed by atoms with E-state index >= 15 is 0 Å². The van der Waals surface area contributed by atoms with Crippen LogP contribution in [0.5, 0.6) is 0 Å². The maximum Gasteiger partial charge on any atom is 0.134 e. The average Bonchev–Trinajstić information content (AvgIpc) is 2.84. The largest absolute Gasteiger partial charge is 0.459 e. The minimum atomic E-state index is 0.198. The predicted octanol–water partition coefficient (Wildman–Crippen LogP) is 5.31. The van der Waals surface area contributed by atoms with E-state index in [0.717, 1.165) is 30.0 Å². The zero-order valence-electron chi connectivity index (χ0n) is 11.0. The summed E-state index contributed by atoms with van der Waals surface area (Å²) in [5.74, 6) is 1.70. The fourth-order valence-electron chi connectivity index (χ4n) is 1.90. The Morgan fingerprint density at radius 3 is 2.47 bits per heavy atom. The molecule has 102 valence electrons. The summed E-state index contributed by atoms with van der Waals surface area (Å²) in [4.78, 5) is 0. The SMILES string of the molecule is CCCNC(C)c1ccc(-c2cc(Cl)cc(Cl)c2)o1. The second-order valence-corrected chi connectivity index (χ2v) is 5.41. The van der Waals surface area contributed by atoms with Gasteiger partial charge < -0.3 is 9.73 Å². The van der Waals surface area contributed by atoms with E-state index < -0.39 is 0 Å². The first-order valence-electron chi connectivity index (χ1n) is 6.39. The fraction of sp³-hybridized carbons (Fsp3) is 0.333. The maximum atomic E-state index is 6.00. The summed E-state index contributed by atoms with van der Waals surface area (Å²) in [7, 11) is 0. The molecule has 0 spiro atoms. The summed E-state index contributed by atoms with van der Waals surface area (Å²) in [5.41, 5.74) is 0.895. The van der Waals surface area contributed by atoms with E-state index in [1.807, 2.05) is 24.3 Å². The summed E-state index contributed by atoms with van der Waals surface area (Å²) in [6.45, 7) is 5.20. The lowest BCUT2D eigenvalue weighted by Gasteiger charge is -2.09. The van der Waals surface area contributed by atoms with Gasteiger partial charge in [-0.05, 0) is 50.2 Å². The van der Waals surface area contributed by atoms with Crippen LogP contribution in [0.4, 0.5) is 0 Å². The Balaban J connectivity index is 2.20. The van der Waals surface area contributed by atoms with E-state index in [1.54, 1.807) is 6.07 Å². The van der Waals surface area contributed by atoms with Crippen LogP contribution in [0.25, 0.3) is 11.3 Å². The average molecular weight is 298 g/mol. The minimum Gasteiger partial charge on any atom is -0.459 e. The molecule has 2 nitrogen and oxygen atoms in total. The number of hydrogen-bond acceptors (Lipinski definition) is 2. The Hall–Kier alpha value is -0.960. The van der Waals surface area contributed by atoms with Crippen molar-refractivity contribution in [2.24, 2.45) is 0 Å². The topological polar surface area (TPSA) is 25.2 Å². The first kappa shape index (κ1) is 14.4. The fourth-order valence-corrected chi connectivity index (χ4v) is 2.42. The molecule has 1 atom stereocenters. The van der Waals surface area contributed by atoms with Crippen molar-refractivity contribution < 1.29 is 4.42 Å². The monoisotopic (exact) mass is 297 g/mol. The van der Waals surface area contributed by atoms with E-state index in [0.29, 0.717) is 10.0 Å². The number of hydrogen-bond donors (Lipinski definition) is 1. The maximum absolute atomic E-state index is 6.00. The van der Waals surface area contributed by atoms with Gasteiger partial charge in [-0.3, -0.25) is 0 Å². The Morgan fingerprint density at radius 1 is 1.16 bits per heavy atom. The molecule has 0 fully saturated rings. The standard InChI is InChI=1S/C15H17Cl2NO/c1-3-6-18-10(2)14-4-5-15(19-14)11-7-12(16)9-13(17)8-11/h4-5,7-10,18H,3,6H2,1-2H3. The first-order valence-corrected chi connectivity index (χ1v) is 7.15. The molecule has 2 rings (SSSR count). The minimum absolute atomic E-state index is 0.198. The number of nitrogens with one attached hydrogen (secondary N) is 1. The molecule has 1 N–H and O–H groups in total. The lowest BCUT2D eigenvalue weighted by atomic mass is 10.2. The first-order chi connectivity index (χ1) is 9.10. The second kappa shape index (κ2) is 6.47. The zero-order chi connectivity index (χ0) is 13.8. The van der Waals surface area contributed by atoms with Crippen molar-refractivity contribution >= 4 is 23.2 Å². The van der Waals surface area contributed by atoms with Crippen LogP contribution in [-0.2, 0) is 0 Å². The molecule has 0 saturated carbocycles.